The molecule has 2 aromatic rings. The number of hydrogen-bond acceptors (Lipinski definition) is 4. The third kappa shape index (κ3) is 3.65. The van der Waals surface area contributed by atoms with Gasteiger partial charge >= 0.3 is 0 Å². The fraction of sp³-hybridized carbons (Fsp3) is 0.400. The van der Waals surface area contributed by atoms with E-state index < -0.39 is 0 Å². The highest BCUT2D eigenvalue weighted by Gasteiger charge is 2.34. The molecule has 1 aromatic heterocycles. The average Bonchev–Trinajstić information content (AvgIpc) is 3.31. The Hall–Kier alpha value is -2.60. The summed E-state index contributed by atoms with van der Waals surface area (Å²) in [6.45, 7) is 2.48. The molecule has 1 saturated carbocycles. The van der Waals surface area contributed by atoms with Crippen molar-refractivity contribution in [2.45, 2.75) is 24.9 Å². The first-order chi connectivity index (χ1) is 12.7. The molecule has 0 unspecified atom stereocenters. The molecule has 2 aliphatic rings. The molecule has 1 N–H and O–H groups in total. The summed E-state index contributed by atoms with van der Waals surface area (Å²) in [6, 6.07) is 13.3. The summed E-state index contributed by atoms with van der Waals surface area (Å²) in [5.74, 6) is 0.336. The number of hydrogen-bond donors (Lipinski definition) is 1. The molecule has 6 heteroatoms. The van der Waals surface area contributed by atoms with E-state index in [0.29, 0.717) is 38.0 Å². The monoisotopic (exact) mass is 353 g/mol. The SMILES string of the molecule is O=C(NC1CC1)[C@@H](c1ccccc1)N1CCN(C(=O)c2ccco2)CC1. The van der Waals surface area contributed by atoms with Crippen LogP contribution in [0.5, 0.6) is 0 Å². The van der Waals surface area contributed by atoms with E-state index in [4.69, 9.17) is 4.42 Å². The Kier molecular flexibility index (Phi) is 4.75. The molecule has 136 valence electrons. The summed E-state index contributed by atoms with van der Waals surface area (Å²) < 4.78 is 5.21. The van der Waals surface area contributed by atoms with Crippen LogP contribution in [0.25, 0.3) is 0 Å². The topological polar surface area (TPSA) is 65.8 Å². The van der Waals surface area contributed by atoms with Crippen LogP contribution in [0.2, 0.25) is 0 Å². The summed E-state index contributed by atoms with van der Waals surface area (Å²) in [7, 11) is 0. The van der Waals surface area contributed by atoms with Crippen LogP contribution in [-0.4, -0.2) is 53.8 Å². The molecule has 1 saturated heterocycles. The Balaban J connectivity index is 1.45. The second-order valence-corrected chi connectivity index (χ2v) is 6.90. The molecule has 6 nitrogen and oxygen atoms in total. The van der Waals surface area contributed by atoms with Gasteiger partial charge < -0.3 is 14.6 Å². The summed E-state index contributed by atoms with van der Waals surface area (Å²) >= 11 is 0. The van der Waals surface area contributed by atoms with E-state index in [2.05, 4.69) is 10.2 Å². The molecule has 4 rings (SSSR count). The van der Waals surface area contributed by atoms with Gasteiger partial charge in [-0.3, -0.25) is 14.5 Å². The first kappa shape index (κ1) is 16.8. The molecule has 1 aliphatic carbocycles. The second kappa shape index (κ2) is 7.33. The zero-order valence-corrected chi connectivity index (χ0v) is 14.6. The number of furan rings is 1. The third-order valence-electron chi connectivity index (χ3n) is 4.99. The number of piperazine rings is 1. The zero-order valence-electron chi connectivity index (χ0n) is 14.6. The molecular formula is C20H23N3O3. The van der Waals surface area contributed by atoms with Crippen molar-refractivity contribution < 1.29 is 14.0 Å². The van der Waals surface area contributed by atoms with Gasteiger partial charge in [0.05, 0.1) is 6.26 Å². The summed E-state index contributed by atoms with van der Waals surface area (Å²) in [5, 5.41) is 3.13. The van der Waals surface area contributed by atoms with Crippen LogP contribution in [0.15, 0.2) is 53.1 Å². The van der Waals surface area contributed by atoms with E-state index in [9.17, 15) is 9.59 Å². The molecule has 0 bridgehead atoms. The maximum atomic E-state index is 12.8. The number of rotatable bonds is 5. The van der Waals surface area contributed by atoms with E-state index in [1.165, 1.54) is 6.26 Å². The van der Waals surface area contributed by atoms with Gasteiger partial charge in [-0.1, -0.05) is 30.3 Å². The van der Waals surface area contributed by atoms with Gasteiger partial charge in [0, 0.05) is 32.2 Å². The van der Waals surface area contributed by atoms with Gasteiger partial charge in [-0.2, -0.15) is 0 Å². The largest absolute Gasteiger partial charge is 0.459 e. The van der Waals surface area contributed by atoms with E-state index >= 15 is 0 Å². The molecule has 26 heavy (non-hydrogen) atoms. The van der Waals surface area contributed by atoms with Gasteiger partial charge in [0.15, 0.2) is 5.76 Å². The predicted octanol–water partition coefficient (Wildman–Crippen LogP) is 2.06. The van der Waals surface area contributed by atoms with Crippen LogP contribution in [0.3, 0.4) is 0 Å². The number of carbonyl (C=O) groups excluding carboxylic acids is 2. The fourth-order valence-corrected chi connectivity index (χ4v) is 3.41. The standard InChI is InChI=1S/C20H23N3O3/c24-19(21-16-8-9-16)18(15-5-2-1-3-6-15)22-10-12-23(13-11-22)20(25)17-7-4-14-26-17/h1-7,14,16,18H,8-13H2,(H,21,24)/t18-/m1/s1. The lowest BCUT2D eigenvalue weighted by molar-refractivity contribution is -0.127. The molecular weight excluding hydrogens is 330 g/mol. The normalized spacial score (nSPS) is 19.2. The predicted molar refractivity (Wildman–Crippen MR) is 96.5 cm³/mol. The van der Waals surface area contributed by atoms with Crippen molar-refractivity contribution in [1.82, 2.24) is 15.1 Å². The minimum absolute atomic E-state index is 0.0597. The number of benzene rings is 1. The Bertz CT molecular complexity index is 748. The lowest BCUT2D eigenvalue weighted by Crippen LogP contribution is -2.52. The molecule has 0 radical (unpaired) electrons. The van der Waals surface area contributed by atoms with Gasteiger partial charge in [-0.05, 0) is 30.5 Å². The Labute approximate surface area is 152 Å². The van der Waals surface area contributed by atoms with Crippen molar-refractivity contribution in [3.05, 3.63) is 60.1 Å². The van der Waals surface area contributed by atoms with Gasteiger partial charge in [-0.25, -0.2) is 0 Å². The Morgan fingerprint density at radius 1 is 1.00 bits per heavy atom. The number of amides is 2. The molecule has 1 atom stereocenters. The molecule has 1 aliphatic heterocycles. The molecule has 2 amide bonds. The second-order valence-electron chi connectivity index (χ2n) is 6.90. The minimum atomic E-state index is -0.308. The van der Waals surface area contributed by atoms with E-state index in [1.807, 2.05) is 30.3 Å². The molecule has 1 aromatic carbocycles. The van der Waals surface area contributed by atoms with Crippen LogP contribution in [-0.2, 0) is 4.79 Å². The van der Waals surface area contributed by atoms with Crippen molar-refractivity contribution >= 4 is 11.8 Å². The minimum Gasteiger partial charge on any atom is -0.459 e. The highest BCUT2D eigenvalue weighted by atomic mass is 16.3. The van der Waals surface area contributed by atoms with E-state index in [1.54, 1.807) is 17.0 Å². The van der Waals surface area contributed by atoms with Crippen molar-refractivity contribution in [2.24, 2.45) is 0 Å². The van der Waals surface area contributed by atoms with Gasteiger partial charge in [-0.15, -0.1) is 0 Å². The van der Waals surface area contributed by atoms with E-state index in [0.717, 1.165) is 18.4 Å². The maximum absolute atomic E-state index is 12.8. The zero-order chi connectivity index (χ0) is 17.9. The van der Waals surface area contributed by atoms with Crippen molar-refractivity contribution in [2.75, 3.05) is 26.2 Å². The number of carbonyl (C=O) groups is 2. The highest BCUT2D eigenvalue weighted by Crippen LogP contribution is 2.26. The quantitative estimate of drug-likeness (QED) is 0.894. The first-order valence-corrected chi connectivity index (χ1v) is 9.14. The van der Waals surface area contributed by atoms with Crippen LogP contribution < -0.4 is 5.32 Å². The fourth-order valence-electron chi connectivity index (χ4n) is 3.41. The maximum Gasteiger partial charge on any atom is 0.289 e. The molecule has 0 spiro atoms. The Morgan fingerprint density at radius 3 is 2.35 bits per heavy atom. The van der Waals surface area contributed by atoms with Crippen molar-refractivity contribution in [3.63, 3.8) is 0 Å². The lowest BCUT2D eigenvalue weighted by atomic mass is 10.0. The summed E-state index contributed by atoms with van der Waals surface area (Å²) in [4.78, 5) is 29.2. The van der Waals surface area contributed by atoms with E-state index in [-0.39, 0.29) is 17.9 Å². The van der Waals surface area contributed by atoms with Gasteiger partial charge in [0.25, 0.3) is 5.91 Å². The van der Waals surface area contributed by atoms with Crippen LogP contribution in [0.4, 0.5) is 0 Å². The number of nitrogens with one attached hydrogen (secondary N) is 1. The summed E-state index contributed by atoms with van der Waals surface area (Å²) in [6.07, 6.45) is 3.65. The third-order valence-corrected chi connectivity index (χ3v) is 4.99. The number of nitrogens with zero attached hydrogens (tertiary/aromatic N) is 2. The van der Waals surface area contributed by atoms with Crippen molar-refractivity contribution in [1.29, 1.82) is 0 Å². The van der Waals surface area contributed by atoms with Gasteiger partial charge in [0.1, 0.15) is 6.04 Å². The van der Waals surface area contributed by atoms with Gasteiger partial charge in [0.2, 0.25) is 5.91 Å². The van der Waals surface area contributed by atoms with Crippen LogP contribution in [0, 0.1) is 0 Å². The van der Waals surface area contributed by atoms with Crippen LogP contribution >= 0.6 is 0 Å². The molecule has 2 heterocycles. The average molecular weight is 353 g/mol. The Morgan fingerprint density at radius 2 is 1.73 bits per heavy atom. The van der Waals surface area contributed by atoms with Crippen LogP contribution in [0.1, 0.15) is 35.0 Å². The van der Waals surface area contributed by atoms with Crippen molar-refractivity contribution in [3.8, 4) is 0 Å². The summed E-state index contributed by atoms with van der Waals surface area (Å²) in [5.41, 5.74) is 0.997. The first-order valence-electron chi connectivity index (χ1n) is 9.14. The highest BCUT2D eigenvalue weighted by molar-refractivity contribution is 5.91. The lowest BCUT2D eigenvalue weighted by Gasteiger charge is -2.38. The molecule has 2 fully saturated rings. The smallest absolute Gasteiger partial charge is 0.289 e.